The van der Waals surface area contributed by atoms with Crippen LogP contribution in [-0.4, -0.2) is 15.7 Å². The van der Waals surface area contributed by atoms with E-state index in [4.69, 9.17) is 0 Å². The Balaban J connectivity index is 2.55. The molecule has 78 valence electrons. The molecule has 5 heteroatoms. The molecule has 0 radical (unpaired) electrons. The average Bonchev–Trinajstić information content (AvgIpc) is 2.41. The summed E-state index contributed by atoms with van der Waals surface area (Å²) < 4.78 is 2.57. The van der Waals surface area contributed by atoms with E-state index in [1.165, 1.54) is 6.92 Å². The van der Waals surface area contributed by atoms with Crippen LogP contribution in [-0.2, 0) is 11.8 Å². The Bertz CT molecular complexity index is 533. The molecular formula is C10H10BrN3O. The summed E-state index contributed by atoms with van der Waals surface area (Å²) in [6.07, 6.45) is 0. The van der Waals surface area contributed by atoms with Crippen LogP contribution in [0, 0.1) is 0 Å². The monoisotopic (exact) mass is 267 g/mol. The van der Waals surface area contributed by atoms with E-state index >= 15 is 0 Å². The lowest BCUT2D eigenvalue weighted by atomic mass is 10.2. The van der Waals surface area contributed by atoms with Gasteiger partial charge in [-0.1, -0.05) is 0 Å². The van der Waals surface area contributed by atoms with Gasteiger partial charge in [-0.3, -0.25) is 9.48 Å². The average molecular weight is 268 g/mol. The van der Waals surface area contributed by atoms with Crippen LogP contribution in [0.15, 0.2) is 22.8 Å². The summed E-state index contributed by atoms with van der Waals surface area (Å²) in [7, 11) is 1.88. The molecule has 2 aromatic rings. The fraction of sp³-hybridized carbons (Fsp3) is 0.200. The second kappa shape index (κ2) is 3.66. The Morgan fingerprint density at radius 1 is 1.53 bits per heavy atom. The maximum absolute atomic E-state index is 10.9. The largest absolute Gasteiger partial charge is 0.326 e. The summed E-state index contributed by atoms with van der Waals surface area (Å²) in [5.41, 5.74) is 1.81. The molecule has 0 bridgehead atoms. The number of aryl methyl sites for hydroxylation is 1. The van der Waals surface area contributed by atoms with Crippen molar-refractivity contribution < 1.29 is 4.79 Å². The second-order valence-corrected chi connectivity index (χ2v) is 4.08. The van der Waals surface area contributed by atoms with Gasteiger partial charge in [-0.15, -0.1) is 0 Å². The fourth-order valence-electron chi connectivity index (χ4n) is 1.50. The van der Waals surface area contributed by atoms with Gasteiger partial charge < -0.3 is 5.32 Å². The smallest absolute Gasteiger partial charge is 0.221 e. The summed E-state index contributed by atoms with van der Waals surface area (Å²) in [4.78, 5) is 10.9. The normalized spacial score (nSPS) is 10.6. The standard InChI is InChI=1S/C10H10BrN3O/c1-6(15)12-7-3-4-9-8(5-7)10(11)13-14(9)2/h3-5H,1-2H3,(H,12,15). The van der Waals surface area contributed by atoms with Crippen molar-refractivity contribution in [3.8, 4) is 0 Å². The molecule has 0 atom stereocenters. The Hall–Kier alpha value is -1.36. The van der Waals surface area contributed by atoms with Crippen molar-refractivity contribution in [2.45, 2.75) is 6.92 Å². The highest BCUT2D eigenvalue weighted by Crippen LogP contribution is 2.25. The number of nitrogens with one attached hydrogen (secondary N) is 1. The number of rotatable bonds is 1. The van der Waals surface area contributed by atoms with Crippen LogP contribution in [0.5, 0.6) is 0 Å². The summed E-state index contributed by atoms with van der Waals surface area (Å²) >= 11 is 3.37. The first-order valence-corrected chi connectivity index (χ1v) is 5.27. The number of carbonyl (C=O) groups excluding carboxylic acids is 1. The number of hydrogen-bond acceptors (Lipinski definition) is 2. The predicted octanol–water partition coefficient (Wildman–Crippen LogP) is 2.29. The molecule has 15 heavy (non-hydrogen) atoms. The van der Waals surface area contributed by atoms with Gasteiger partial charge in [-0.05, 0) is 34.1 Å². The zero-order valence-corrected chi connectivity index (χ0v) is 10.00. The van der Waals surface area contributed by atoms with Gasteiger partial charge in [0.25, 0.3) is 0 Å². The van der Waals surface area contributed by atoms with Gasteiger partial charge in [0.15, 0.2) is 0 Å². The van der Waals surface area contributed by atoms with Gasteiger partial charge >= 0.3 is 0 Å². The number of halogens is 1. The van der Waals surface area contributed by atoms with Crippen LogP contribution in [0.1, 0.15) is 6.92 Å². The molecule has 4 nitrogen and oxygen atoms in total. The van der Waals surface area contributed by atoms with E-state index in [1.807, 2.05) is 25.2 Å². The number of amides is 1. The zero-order chi connectivity index (χ0) is 11.0. The van der Waals surface area contributed by atoms with Crippen molar-refractivity contribution in [3.05, 3.63) is 22.8 Å². The zero-order valence-electron chi connectivity index (χ0n) is 8.41. The first-order valence-electron chi connectivity index (χ1n) is 4.48. The number of aromatic nitrogens is 2. The van der Waals surface area contributed by atoms with Crippen molar-refractivity contribution in [3.63, 3.8) is 0 Å². The maximum Gasteiger partial charge on any atom is 0.221 e. The number of fused-ring (bicyclic) bond motifs is 1. The van der Waals surface area contributed by atoms with E-state index < -0.39 is 0 Å². The van der Waals surface area contributed by atoms with Crippen LogP contribution < -0.4 is 5.32 Å². The maximum atomic E-state index is 10.9. The van der Waals surface area contributed by atoms with Gasteiger partial charge in [-0.2, -0.15) is 5.10 Å². The van der Waals surface area contributed by atoms with Crippen LogP contribution >= 0.6 is 15.9 Å². The summed E-state index contributed by atoms with van der Waals surface area (Å²) in [6, 6.07) is 5.68. The molecule has 1 aromatic carbocycles. The van der Waals surface area contributed by atoms with Crippen LogP contribution in [0.3, 0.4) is 0 Å². The Kier molecular flexibility index (Phi) is 2.48. The molecule has 0 unspecified atom stereocenters. The molecule has 0 spiro atoms. The quantitative estimate of drug-likeness (QED) is 0.862. The lowest BCUT2D eigenvalue weighted by molar-refractivity contribution is -0.114. The summed E-state index contributed by atoms with van der Waals surface area (Å²) in [6.45, 7) is 1.49. The van der Waals surface area contributed by atoms with E-state index in [0.29, 0.717) is 0 Å². The van der Waals surface area contributed by atoms with E-state index in [-0.39, 0.29) is 5.91 Å². The van der Waals surface area contributed by atoms with Gasteiger partial charge in [0, 0.05) is 25.0 Å². The third-order valence-electron chi connectivity index (χ3n) is 2.13. The van der Waals surface area contributed by atoms with E-state index in [9.17, 15) is 4.79 Å². The Morgan fingerprint density at radius 2 is 2.27 bits per heavy atom. The first-order chi connectivity index (χ1) is 7.08. The minimum atomic E-state index is -0.0747. The number of nitrogens with zero attached hydrogens (tertiary/aromatic N) is 2. The molecule has 1 N–H and O–H groups in total. The fourth-order valence-corrected chi connectivity index (χ4v) is 2.06. The van der Waals surface area contributed by atoms with Gasteiger partial charge in [0.05, 0.1) is 5.52 Å². The minimum Gasteiger partial charge on any atom is -0.326 e. The molecule has 2 rings (SSSR count). The first kappa shape index (κ1) is 10.2. The molecule has 1 heterocycles. The molecule has 0 aliphatic heterocycles. The van der Waals surface area contributed by atoms with Crippen molar-refractivity contribution in [1.82, 2.24) is 9.78 Å². The SMILES string of the molecule is CC(=O)Nc1ccc2c(c1)c(Br)nn2C. The topological polar surface area (TPSA) is 46.9 Å². The van der Waals surface area contributed by atoms with E-state index in [0.717, 1.165) is 21.2 Å². The minimum absolute atomic E-state index is 0.0747. The second-order valence-electron chi connectivity index (χ2n) is 3.33. The Labute approximate surface area is 95.4 Å². The predicted molar refractivity (Wildman–Crippen MR) is 62.7 cm³/mol. The lowest BCUT2D eigenvalue weighted by Crippen LogP contribution is -2.05. The molecule has 0 aliphatic carbocycles. The summed E-state index contributed by atoms with van der Waals surface area (Å²) in [5, 5.41) is 7.96. The van der Waals surface area contributed by atoms with Gasteiger partial charge in [-0.25, -0.2) is 0 Å². The molecule has 1 aromatic heterocycles. The molecular weight excluding hydrogens is 258 g/mol. The van der Waals surface area contributed by atoms with Gasteiger partial charge in [0.2, 0.25) is 5.91 Å². The molecule has 0 saturated carbocycles. The number of benzene rings is 1. The highest BCUT2D eigenvalue weighted by atomic mass is 79.9. The van der Waals surface area contributed by atoms with Crippen molar-refractivity contribution in [2.75, 3.05) is 5.32 Å². The van der Waals surface area contributed by atoms with E-state index in [2.05, 4.69) is 26.3 Å². The van der Waals surface area contributed by atoms with Crippen LogP contribution in [0.2, 0.25) is 0 Å². The van der Waals surface area contributed by atoms with Crippen LogP contribution in [0.25, 0.3) is 10.9 Å². The number of anilines is 1. The number of carbonyl (C=O) groups is 1. The number of hydrogen-bond donors (Lipinski definition) is 1. The van der Waals surface area contributed by atoms with Crippen LogP contribution in [0.4, 0.5) is 5.69 Å². The van der Waals surface area contributed by atoms with Gasteiger partial charge in [0.1, 0.15) is 4.60 Å². The van der Waals surface area contributed by atoms with Crippen molar-refractivity contribution in [1.29, 1.82) is 0 Å². The molecule has 0 saturated heterocycles. The molecule has 0 fully saturated rings. The van der Waals surface area contributed by atoms with Crippen molar-refractivity contribution >= 4 is 38.4 Å². The highest BCUT2D eigenvalue weighted by molar-refractivity contribution is 9.10. The van der Waals surface area contributed by atoms with Crippen molar-refractivity contribution in [2.24, 2.45) is 7.05 Å². The Morgan fingerprint density at radius 3 is 2.93 bits per heavy atom. The molecule has 0 aliphatic rings. The third-order valence-corrected chi connectivity index (χ3v) is 2.71. The third kappa shape index (κ3) is 1.87. The van der Waals surface area contributed by atoms with E-state index in [1.54, 1.807) is 4.68 Å². The highest BCUT2D eigenvalue weighted by Gasteiger charge is 2.06. The molecule has 1 amide bonds. The lowest BCUT2D eigenvalue weighted by Gasteiger charge is -2.01. The summed E-state index contributed by atoms with van der Waals surface area (Å²) in [5.74, 6) is -0.0747.